The van der Waals surface area contributed by atoms with Gasteiger partial charge in [0.1, 0.15) is 0 Å². The molecule has 0 amide bonds. The second kappa shape index (κ2) is 7.92. The van der Waals surface area contributed by atoms with Crippen molar-refractivity contribution in [1.29, 1.82) is 0 Å². The molecule has 0 unspecified atom stereocenters. The molecule has 0 saturated heterocycles. The summed E-state index contributed by atoms with van der Waals surface area (Å²) in [6.07, 6.45) is 2.11. The van der Waals surface area contributed by atoms with Gasteiger partial charge in [0, 0.05) is 22.8 Å². The van der Waals surface area contributed by atoms with Crippen LogP contribution in [0.3, 0.4) is 0 Å². The fourth-order valence-electron chi connectivity index (χ4n) is 4.23. The van der Waals surface area contributed by atoms with Crippen molar-refractivity contribution in [1.82, 2.24) is 0 Å². The molecule has 1 aliphatic carbocycles. The van der Waals surface area contributed by atoms with Crippen LogP contribution < -0.4 is 9.47 Å². The Labute approximate surface area is 181 Å². The lowest BCUT2D eigenvalue weighted by atomic mass is 9.87. The summed E-state index contributed by atoms with van der Waals surface area (Å²) < 4.78 is 11.0. The molecular weight excluding hydrogens is 388 g/mol. The van der Waals surface area contributed by atoms with Crippen LogP contribution in [0.2, 0.25) is 0 Å². The molecule has 0 atom stereocenters. The molecule has 0 bridgehead atoms. The topological polar surface area (TPSA) is 18.5 Å². The number of fused-ring (bicyclic) bond motifs is 3. The predicted molar refractivity (Wildman–Crippen MR) is 126 cm³/mol. The van der Waals surface area contributed by atoms with Gasteiger partial charge in [-0.2, -0.15) is 0 Å². The van der Waals surface area contributed by atoms with Crippen LogP contribution in [0.15, 0.2) is 78.9 Å². The van der Waals surface area contributed by atoms with E-state index in [1.54, 1.807) is 14.2 Å². The number of rotatable bonds is 4. The van der Waals surface area contributed by atoms with Crippen molar-refractivity contribution < 1.29 is 9.47 Å². The van der Waals surface area contributed by atoms with Crippen molar-refractivity contribution in [3.05, 3.63) is 90.0 Å². The lowest BCUT2D eigenvalue weighted by molar-refractivity contribution is 0.355. The van der Waals surface area contributed by atoms with Gasteiger partial charge in [-0.25, -0.2) is 0 Å². The van der Waals surface area contributed by atoms with E-state index in [2.05, 4.69) is 72.8 Å². The predicted octanol–water partition coefficient (Wildman–Crippen LogP) is 7.15. The van der Waals surface area contributed by atoms with E-state index in [1.807, 2.05) is 17.4 Å². The third-order valence-corrected chi connectivity index (χ3v) is 6.99. The summed E-state index contributed by atoms with van der Waals surface area (Å²) in [4.78, 5) is 2.65. The Morgan fingerprint density at radius 1 is 0.667 bits per heavy atom. The fraction of sp³-hybridized carbons (Fsp3) is 0.148. The lowest BCUT2D eigenvalue weighted by Crippen LogP contribution is -2.05. The van der Waals surface area contributed by atoms with Crippen LogP contribution in [0.5, 0.6) is 11.5 Å². The zero-order valence-electron chi connectivity index (χ0n) is 17.1. The van der Waals surface area contributed by atoms with Gasteiger partial charge in [0.2, 0.25) is 21.1 Å². The van der Waals surface area contributed by atoms with Crippen LogP contribution in [0.4, 0.5) is 0 Å². The van der Waals surface area contributed by atoms with E-state index in [-0.39, 0.29) is 0 Å². The second-order valence-corrected chi connectivity index (χ2v) is 8.48. The number of hydrogen-bond acceptors (Lipinski definition) is 2. The molecule has 4 aromatic rings. The summed E-state index contributed by atoms with van der Waals surface area (Å²) in [5.74, 6) is 1.51. The molecule has 0 aliphatic heterocycles. The molecule has 3 aromatic carbocycles. The van der Waals surface area contributed by atoms with Gasteiger partial charge in [0.25, 0.3) is 0 Å². The van der Waals surface area contributed by atoms with Crippen LogP contribution in [-0.4, -0.2) is 14.2 Å². The van der Waals surface area contributed by atoms with Crippen molar-refractivity contribution in [2.45, 2.75) is 12.8 Å². The lowest BCUT2D eigenvalue weighted by Gasteiger charge is -2.18. The first-order valence-electron chi connectivity index (χ1n) is 10.1. The summed E-state index contributed by atoms with van der Waals surface area (Å²) in [5.41, 5.74) is 7.90. The van der Waals surface area contributed by atoms with Gasteiger partial charge in [-0.1, -0.05) is 42.5 Å². The maximum Gasteiger partial charge on any atom is 0.242 e. The number of hydrogen-bond donors (Lipinski definition) is 0. The Morgan fingerprint density at radius 3 is 2.23 bits per heavy atom. The first kappa shape index (κ1) is 18.8. The summed E-state index contributed by atoms with van der Waals surface area (Å²) >= 11 is 1.89. The number of benzene rings is 3. The molecule has 2 nitrogen and oxygen atoms in total. The average molecular weight is 412 g/mol. The SMILES string of the molecule is COc1ccc(-c2cc(-c3ccccc3)[s+]c3c2CCc2ccccc2-3)cc1OC. The van der Waals surface area contributed by atoms with E-state index in [0.717, 1.165) is 29.9 Å². The van der Waals surface area contributed by atoms with Gasteiger partial charge in [-0.15, -0.1) is 0 Å². The minimum absolute atomic E-state index is 0.752. The average Bonchev–Trinajstić information content (AvgIpc) is 2.83. The molecule has 0 fully saturated rings. The molecular formula is C27H23O2S+. The fourth-order valence-corrected chi connectivity index (χ4v) is 5.53. The Bertz CT molecular complexity index is 1210. The van der Waals surface area contributed by atoms with Crippen molar-refractivity contribution in [3.8, 4) is 43.5 Å². The zero-order chi connectivity index (χ0) is 20.5. The highest BCUT2D eigenvalue weighted by Crippen LogP contribution is 2.46. The Hall–Kier alpha value is -3.17. The van der Waals surface area contributed by atoms with Crippen molar-refractivity contribution in [2.75, 3.05) is 14.2 Å². The first-order chi connectivity index (χ1) is 14.8. The highest BCUT2D eigenvalue weighted by molar-refractivity contribution is 7.18. The van der Waals surface area contributed by atoms with Gasteiger partial charge >= 0.3 is 0 Å². The smallest absolute Gasteiger partial charge is 0.242 e. The van der Waals surface area contributed by atoms with Gasteiger partial charge in [0.15, 0.2) is 11.5 Å². The highest BCUT2D eigenvalue weighted by atomic mass is 32.1. The van der Waals surface area contributed by atoms with Crippen LogP contribution in [0.25, 0.3) is 32.0 Å². The molecule has 0 radical (unpaired) electrons. The van der Waals surface area contributed by atoms with Gasteiger partial charge in [-0.05, 0) is 59.9 Å². The van der Waals surface area contributed by atoms with E-state index < -0.39 is 0 Å². The van der Waals surface area contributed by atoms with E-state index in [4.69, 9.17) is 9.47 Å². The normalized spacial score (nSPS) is 12.1. The van der Waals surface area contributed by atoms with Crippen LogP contribution in [-0.2, 0) is 12.8 Å². The summed E-state index contributed by atoms with van der Waals surface area (Å²) in [6, 6.07) is 28.0. The standard InChI is InChI=1S/C27H23O2S/c1-28-24-15-13-20(16-25(24)29-2)23-17-26(19-9-4-3-5-10-19)30-27-21-11-7-6-8-18(21)12-14-22(23)27/h3-11,13,15-17H,12,14H2,1-2H3/q+1. The third kappa shape index (κ3) is 3.25. The molecule has 3 heteroatoms. The Kier molecular flexibility index (Phi) is 4.97. The molecule has 148 valence electrons. The van der Waals surface area contributed by atoms with E-state index in [9.17, 15) is 0 Å². The van der Waals surface area contributed by atoms with Crippen LogP contribution >= 0.6 is 11.3 Å². The number of aryl methyl sites for hydroxylation is 1. The second-order valence-electron chi connectivity index (χ2n) is 7.42. The quantitative estimate of drug-likeness (QED) is 0.332. The van der Waals surface area contributed by atoms with E-state index in [1.165, 1.54) is 37.6 Å². The minimum Gasteiger partial charge on any atom is -0.493 e. The molecule has 0 N–H and O–H groups in total. The maximum absolute atomic E-state index is 5.59. The van der Waals surface area contributed by atoms with Crippen molar-refractivity contribution >= 4 is 11.3 Å². The molecule has 5 rings (SSSR count). The largest absolute Gasteiger partial charge is 0.493 e. The summed E-state index contributed by atoms with van der Waals surface area (Å²) in [7, 11) is 3.36. The van der Waals surface area contributed by atoms with Crippen LogP contribution in [0, 0.1) is 0 Å². The molecule has 0 saturated carbocycles. The minimum atomic E-state index is 0.752. The molecule has 1 aromatic heterocycles. The van der Waals surface area contributed by atoms with Gasteiger partial charge in [0.05, 0.1) is 14.2 Å². The van der Waals surface area contributed by atoms with Crippen molar-refractivity contribution in [3.63, 3.8) is 0 Å². The van der Waals surface area contributed by atoms with Crippen LogP contribution in [0.1, 0.15) is 11.1 Å². The zero-order valence-corrected chi connectivity index (χ0v) is 18.0. The Balaban J connectivity index is 1.77. The first-order valence-corrected chi connectivity index (χ1v) is 11.0. The number of ether oxygens (including phenoxy) is 2. The van der Waals surface area contributed by atoms with Gasteiger partial charge in [-0.3, -0.25) is 0 Å². The summed E-state index contributed by atoms with van der Waals surface area (Å²) in [5, 5.41) is 0. The van der Waals surface area contributed by atoms with Gasteiger partial charge < -0.3 is 9.47 Å². The third-order valence-electron chi connectivity index (χ3n) is 5.75. The molecule has 30 heavy (non-hydrogen) atoms. The Morgan fingerprint density at radius 2 is 1.43 bits per heavy atom. The highest BCUT2D eigenvalue weighted by Gasteiger charge is 2.30. The number of methoxy groups -OCH3 is 2. The monoisotopic (exact) mass is 411 g/mol. The molecule has 1 heterocycles. The molecule has 1 aliphatic rings. The van der Waals surface area contributed by atoms with E-state index >= 15 is 0 Å². The summed E-state index contributed by atoms with van der Waals surface area (Å²) in [6.45, 7) is 0. The molecule has 0 spiro atoms. The maximum atomic E-state index is 5.59. The van der Waals surface area contributed by atoms with Crippen molar-refractivity contribution in [2.24, 2.45) is 0 Å². The van der Waals surface area contributed by atoms with E-state index in [0.29, 0.717) is 0 Å².